The largest absolute Gasteiger partial charge is 0.508 e. The van der Waals surface area contributed by atoms with Crippen molar-refractivity contribution in [3.05, 3.63) is 73.1 Å². The Kier molecular flexibility index (Phi) is 4.97. The summed E-state index contributed by atoms with van der Waals surface area (Å²) in [6.45, 7) is 0.121. The van der Waals surface area contributed by atoms with E-state index in [1.54, 1.807) is 36.7 Å². The van der Waals surface area contributed by atoms with E-state index in [4.69, 9.17) is 9.47 Å². The molecule has 0 saturated carbocycles. The van der Waals surface area contributed by atoms with Gasteiger partial charge >= 0.3 is 0 Å². The number of aromatic hydroxyl groups is 1. The maximum atomic E-state index is 12.8. The summed E-state index contributed by atoms with van der Waals surface area (Å²) in [7, 11) is 0. The molecule has 0 aliphatic carbocycles. The Morgan fingerprint density at radius 3 is 2.52 bits per heavy atom. The summed E-state index contributed by atoms with van der Waals surface area (Å²) >= 11 is 1.35. The van der Waals surface area contributed by atoms with Crippen molar-refractivity contribution in [2.24, 2.45) is 0 Å². The summed E-state index contributed by atoms with van der Waals surface area (Å²) in [6.07, 6.45) is 2.61. The first-order valence-electron chi connectivity index (χ1n) is 9.57. The third kappa shape index (κ3) is 3.93. The Balaban J connectivity index is 1.43. The van der Waals surface area contributed by atoms with Gasteiger partial charge in [0.05, 0.1) is 10.6 Å². The summed E-state index contributed by atoms with van der Waals surface area (Å²) in [6, 6.07) is 17.8. The standard InChI is InChI=1S/C23H17N3O4S/c27-16-7-5-15(6-8-16)21-20(14-9-11-24-12-10-14)25-23(31-21)26-22(28)19-13-29-17-3-1-2-4-18(17)30-19/h1-12,19,27H,13H2,(H,25,26,28). The molecule has 0 fully saturated rings. The van der Waals surface area contributed by atoms with Crippen LogP contribution >= 0.6 is 11.3 Å². The van der Waals surface area contributed by atoms with Crippen molar-refractivity contribution in [1.82, 2.24) is 9.97 Å². The van der Waals surface area contributed by atoms with Crippen LogP contribution in [0.1, 0.15) is 0 Å². The number of phenols is 1. The monoisotopic (exact) mass is 431 g/mol. The van der Waals surface area contributed by atoms with Gasteiger partial charge in [-0.15, -0.1) is 0 Å². The van der Waals surface area contributed by atoms with Crippen LogP contribution in [0.4, 0.5) is 5.13 Å². The summed E-state index contributed by atoms with van der Waals surface area (Å²) in [5, 5.41) is 12.9. The maximum Gasteiger partial charge on any atom is 0.270 e. The minimum absolute atomic E-state index is 0.121. The zero-order valence-corrected chi connectivity index (χ0v) is 17.0. The number of hydrogen-bond donors (Lipinski definition) is 2. The van der Waals surface area contributed by atoms with E-state index in [0.717, 1.165) is 21.7 Å². The number of para-hydroxylation sites is 2. The molecule has 31 heavy (non-hydrogen) atoms. The minimum Gasteiger partial charge on any atom is -0.508 e. The van der Waals surface area contributed by atoms with E-state index in [2.05, 4.69) is 15.3 Å². The molecule has 0 bridgehead atoms. The number of anilines is 1. The Bertz CT molecular complexity index is 1230. The molecule has 2 N–H and O–H groups in total. The molecule has 7 nitrogen and oxygen atoms in total. The lowest BCUT2D eigenvalue weighted by Gasteiger charge is -2.25. The lowest BCUT2D eigenvalue weighted by Crippen LogP contribution is -2.40. The highest BCUT2D eigenvalue weighted by Crippen LogP contribution is 2.39. The van der Waals surface area contributed by atoms with Gasteiger partial charge in [-0.2, -0.15) is 0 Å². The van der Waals surface area contributed by atoms with Gasteiger partial charge in [-0.05, 0) is 54.1 Å². The molecule has 1 atom stereocenters. The van der Waals surface area contributed by atoms with E-state index in [9.17, 15) is 9.90 Å². The summed E-state index contributed by atoms with van der Waals surface area (Å²) in [5.41, 5.74) is 2.48. The Morgan fingerprint density at radius 1 is 1.00 bits per heavy atom. The van der Waals surface area contributed by atoms with Crippen molar-refractivity contribution in [3.8, 4) is 38.9 Å². The predicted molar refractivity (Wildman–Crippen MR) is 117 cm³/mol. The molecule has 2 aromatic heterocycles. The fourth-order valence-corrected chi connectivity index (χ4v) is 4.22. The van der Waals surface area contributed by atoms with E-state index >= 15 is 0 Å². The Morgan fingerprint density at radius 2 is 1.74 bits per heavy atom. The van der Waals surface area contributed by atoms with Crippen LogP contribution in [0.2, 0.25) is 0 Å². The number of aromatic nitrogens is 2. The van der Waals surface area contributed by atoms with Crippen molar-refractivity contribution >= 4 is 22.4 Å². The van der Waals surface area contributed by atoms with Crippen molar-refractivity contribution in [1.29, 1.82) is 0 Å². The van der Waals surface area contributed by atoms with E-state index in [0.29, 0.717) is 16.6 Å². The molecule has 0 radical (unpaired) electrons. The van der Waals surface area contributed by atoms with Crippen LogP contribution < -0.4 is 14.8 Å². The fourth-order valence-electron chi connectivity index (χ4n) is 3.22. The molecule has 8 heteroatoms. The topological polar surface area (TPSA) is 93.6 Å². The third-order valence-corrected chi connectivity index (χ3v) is 5.76. The second-order valence-electron chi connectivity index (χ2n) is 6.83. The number of thiazole rings is 1. The van der Waals surface area contributed by atoms with Crippen molar-refractivity contribution < 1.29 is 19.4 Å². The quantitative estimate of drug-likeness (QED) is 0.499. The van der Waals surface area contributed by atoms with Gasteiger partial charge in [0, 0.05) is 18.0 Å². The van der Waals surface area contributed by atoms with Crippen LogP contribution in [-0.4, -0.2) is 33.7 Å². The number of phenolic OH excluding ortho intramolecular Hbond substituents is 1. The van der Waals surface area contributed by atoms with Crippen LogP contribution in [0.5, 0.6) is 17.2 Å². The molecule has 154 valence electrons. The molecule has 0 saturated heterocycles. The lowest BCUT2D eigenvalue weighted by molar-refractivity contribution is -0.125. The number of nitrogens with zero attached hydrogens (tertiary/aromatic N) is 2. The average Bonchev–Trinajstić information content (AvgIpc) is 3.23. The van der Waals surface area contributed by atoms with Gasteiger partial charge in [-0.1, -0.05) is 23.5 Å². The first-order chi connectivity index (χ1) is 15.2. The van der Waals surface area contributed by atoms with Crippen molar-refractivity contribution in [3.63, 3.8) is 0 Å². The Labute approximate surface area is 182 Å². The number of fused-ring (bicyclic) bond motifs is 1. The number of ether oxygens (including phenoxy) is 2. The zero-order chi connectivity index (χ0) is 21.2. The molecule has 3 heterocycles. The number of pyridine rings is 1. The lowest BCUT2D eigenvalue weighted by atomic mass is 10.1. The Hall–Kier alpha value is -3.91. The highest BCUT2D eigenvalue weighted by atomic mass is 32.1. The van der Waals surface area contributed by atoms with Gasteiger partial charge in [0.25, 0.3) is 5.91 Å². The molecule has 1 aliphatic heterocycles. The number of carbonyl (C=O) groups excluding carboxylic acids is 1. The number of nitrogens with one attached hydrogen (secondary N) is 1. The summed E-state index contributed by atoms with van der Waals surface area (Å²) in [5.74, 6) is 1.01. The van der Waals surface area contributed by atoms with Gasteiger partial charge in [0.1, 0.15) is 12.4 Å². The second kappa shape index (κ2) is 8.08. The number of rotatable bonds is 4. The van der Waals surface area contributed by atoms with Gasteiger partial charge in [-0.3, -0.25) is 15.1 Å². The van der Waals surface area contributed by atoms with Crippen molar-refractivity contribution in [2.45, 2.75) is 6.10 Å². The average molecular weight is 431 g/mol. The van der Waals surface area contributed by atoms with Crippen molar-refractivity contribution in [2.75, 3.05) is 11.9 Å². The normalized spacial score (nSPS) is 14.8. The van der Waals surface area contributed by atoms with Gasteiger partial charge in [0.15, 0.2) is 16.6 Å². The molecular weight excluding hydrogens is 414 g/mol. The second-order valence-corrected chi connectivity index (χ2v) is 7.83. The molecular formula is C23H17N3O4S. The van der Waals surface area contributed by atoms with Crippen LogP contribution in [0.15, 0.2) is 73.1 Å². The number of carbonyl (C=O) groups is 1. The van der Waals surface area contributed by atoms with Crippen LogP contribution in [0.25, 0.3) is 21.7 Å². The molecule has 1 unspecified atom stereocenters. The molecule has 4 aromatic rings. The third-order valence-electron chi connectivity index (χ3n) is 4.74. The summed E-state index contributed by atoms with van der Waals surface area (Å²) in [4.78, 5) is 22.4. The van der Waals surface area contributed by atoms with E-state index in [1.807, 2.05) is 36.4 Å². The first kappa shape index (κ1) is 19.1. The molecule has 2 aromatic carbocycles. The maximum absolute atomic E-state index is 12.8. The van der Waals surface area contributed by atoms with Gasteiger partial charge < -0.3 is 14.6 Å². The number of amides is 1. The highest BCUT2D eigenvalue weighted by molar-refractivity contribution is 7.19. The number of benzene rings is 2. The molecule has 1 aliphatic rings. The van der Waals surface area contributed by atoms with E-state index in [-0.39, 0.29) is 18.3 Å². The molecule has 5 rings (SSSR count). The number of hydrogen-bond acceptors (Lipinski definition) is 7. The summed E-state index contributed by atoms with van der Waals surface area (Å²) < 4.78 is 11.4. The molecule has 1 amide bonds. The van der Waals surface area contributed by atoms with Gasteiger partial charge in [0.2, 0.25) is 6.10 Å². The predicted octanol–water partition coefficient (Wildman–Crippen LogP) is 4.36. The van der Waals surface area contributed by atoms with Crippen LogP contribution in [-0.2, 0) is 4.79 Å². The smallest absolute Gasteiger partial charge is 0.270 e. The van der Waals surface area contributed by atoms with Crippen LogP contribution in [0, 0.1) is 0 Å². The van der Waals surface area contributed by atoms with E-state index < -0.39 is 6.10 Å². The first-order valence-corrected chi connectivity index (χ1v) is 10.4. The highest BCUT2D eigenvalue weighted by Gasteiger charge is 2.28. The van der Waals surface area contributed by atoms with Crippen LogP contribution in [0.3, 0.4) is 0 Å². The molecule has 0 spiro atoms. The zero-order valence-electron chi connectivity index (χ0n) is 16.2. The SMILES string of the molecule is O=C(Nc1nc(-c2ccncc2)c(-c2ccc(O)cc2)s1)C1COc2ccccc2O1. The fraction of sp³-hybridized carbons (Fsp3) is 0.0870. The van der Waals surface area contributed by atoms with E-state index in [1.165, 1.54) is 11.3 Å². The minimum atomic E-state index is -0.778. The van der Waals surface area contributed by atoms with Gasteiger partial charge in [-0.25, -0.2) is 4.98 Å².